The molecule has 0 atom stereocenters. The molecule has 0 radical (unpaired) electrons. The third-order valence-electron chi connectivity index (χ3n) is 4.58. The predicted octanol–water partition coefficient (Wildman–Crippen LogP) is 3.61. The molecular formula is C19H21ClN4O2. The van der Waals surface area contributed by atoms with Gasteiger partial charge >= 0.3 is 0 Å². The predicted molar refractivity (Wildman–Crippen MR) is 98.7 cm³/mol. The van der Waals surface area contributed by atoms with Crippen LogP contribution in [0.3, 0.4) is 0 Å². The van der Waals surface area contributed by atoms with Gasteiger partial charge in [0.05, 0.1) is 18.1 Å². The van der Waals surface area contributed by atoms with E-state index in [1.165, 1.54) is 0 Å². The molecule has 1 aromatic carbocycles. The third kappa shape index (κ3) is 3.98. The summed E-state index contributed by atoms with van der Waals surface area (Å²) in [4.78, 5) is 9.01. The minimum absolute atomic E-state index is 0.616. The minimum atomic E-state index is 0.616. The van der Waals surface area contributed by atoms with Gasteiger partial charge in [0.2, 0.25) is 5.89 Å². The number of hydrogen-bond acceptors (Lipinski definition) is 6. The minimum Gasteiger partial charge on any atom is -0.460 e. The number of nitrogens with zero attached hydrogens (tertiary/aromatic N) is 4. The maximum absolute atomic E-state index is 6.25. The van der Waals surface area contributed by atoms with E-state index in [2.05, 4.69) is 19.9 Å². The quantitative estimate of drug-likeness (QED) is 0.682. The molecule has 2 aromatic heterocycles. The Bertz CT molecular complexity index is 868. The lowest BCUT2D eigenvalue weighted by molar-refractivity contribution is 0.113. The van der Waals surface area contributed by atoms with Gasteiger partial charge in [0.25, 0.3) is 0 Å². The SMILES string of the molecule is Cc1nc(CN2CCN(Cc3ccc(-c4ccccc4Cl)o3)CC2)no1. The molecule has 0 saturated carbocycles. The fraction of sp³-hybridized carbons (Fsp3) is 0.368. The zero-order valence-electron chi connectivity index (χ0n) is 14.7. The number of aromatic nitrogens is 2. The highest BCUT2D eigenvalue weighted by atomic mass is 35.5. The number of aryl methyl sites for hydroxylation is 1. The second-order valence-corrected chi connectivity index (χ2v) is 6.93. The number of furan rings is 1. The normalized spacial score (nSPS) is 16.2. The largest absolute Gasteiger partial charge is 0.460 e. The van der Waals surface area contributed by atoms with Crippen LogP contribution in [0.15, 0.2) is 45.3 Å². The molecule has 3 heterocycles. The van der Waals surface area contributed by atoms with Crippen molar-refractivity contribution in [3.8, 4) is 11.3 Å². The first-order valence-electron chi connectivity index (χ1n) is 8.75. The van der Waals surface area contributed by atoms with Crippen LogP contribution in [-0.4, -0.2) is 46.1 Å². The van der Waals surface area contributed by atoms with Crippen molar-refractivity contribution in [2.75, 3.05) is 26.2 Å². The van der Waals surface area contributed by atoms with Gasteiger partial charge in [-0.15, -0.1) is 0 Å². The van der Waals surface area contributed by atoms with Crippen molar-refractivity contribution < 1.29 is 8.94 Å². The molecular weight excluding hydrogens is 352 g/mol. The van der Waals surface area contributed by atoms with Crippen molar-refractivity contribution in [1.82, 2.24) is 19.9 Å². The Kier molecular flexibility index (Phi) is 5.06. The molecule has 6 nitrogen and oxygen atoms in total. The second kappa shape index (κ2) is 7.61. The van der Waals surface area contributed by atoms with Crippen LogP contribution in [0.5, 0.6) is 0 Å². The molecule has 1 saturated heterocycles. The molecule has 0 spiro atoms. The molecule has 0 amide bonds. The van der Waals surface area contributed by atoms with Gasteiger partial charge in [-0.3, -0.25) is 9.80 Å². The van der Waals surface area contributed by atoms with E-state index in [0.717, 1.165) is 62.2 Å². The zero-order chi connectivity index (χ0) is 17.9. The van der Waals surface area contributed by atoms with Crippen molar-refractivity contribution in [1.29, 1.82) is 0 Å². The van der Waals surface area contributed by atoms with Crippen LogP contribution in [0.25, 0.3) is 11.3 Å². The van der Waals surface area contributed by atoms with Crippen LogP contribution < -0.4 is 0 Å². The van der Waals surface area contributed by atoms with E-state index < -0.39 is 0 Å². The van der Waals surface area contributed by atoms with Gasteiger partial charge in [-0.05, 0) is 24.3 Å². The van der Waals surface area contributed by atoms with Crippen LogP contribution in [0, 0.1) is 6.92 Å². The van der Waals surface area contributed by atoms with Gasteiger partial charge in [0.15, 0.2) is 5.82 Å². The Hall–Kier alpha value is -2.15. The van der Waals surface area contributed by atoms with Crippen molar-refractivity contribution in [3.05, 3.63) is 58.9 Å². The first-order valence-corrected chi connectivity index (χ1v) is 9.13. The number of benzene rings is 1. The fourth-order valence-corrected chi connectivity index (χ4v) is 3.43. The van der Waals surface area contributed by atoms with Crippen molar-refractivity contribution in [3.63, 3.8) is 0 Å². The molecule has 26 heavy (non-hydrogen) atoms. The monoisotopic (exact) mass is 372 g/mol. The van der Waals surface area contributed by atoms with E-state index in [1.54, 1.807) is 0 Å². The summed E-state index contributed by atoms with van der Waals surface area (Å²) >= 11 is 6.25. The Morgan fingerprint density at radius 1 is 1.00 bits per heavy atom. The number of hydrogen-bond donors (Lipinski definition) is 0. The smallest absolute Gasteiger partial charge is 0.223 e. The number of rotatable bonds is 5. The first-order chi connectivity index (χ1) is 12.7. The number of halogens is 1. The van der Waals surface area contributed by atoms with E-state index in [-0.39, 0.29) is 0 Å². The van der Waals surface area contributed by atoms with Crippen molar-refractivity contribution in [2.24, 2.45) is 0 Å². The van der Waals surface area contributed by atoms with E-state index in [0.29, 0.717) is 10.9 Å². The van der Waals surface area contributed by atoms with Crippen molar-refractivity contribution >= 4 is 11.6 Å². The average molecular weight is 373 g/mol. The van der Waals surface area contributed by atoms with Crippen LogP contribution in [0.1, 0.15) is 17.5 Å². The summed E-state index contributed by atoms with van der Waals surface area (Å²) in [5, 5.41) is 4.68. The van der Waals surface area contributed by atoms with Crippen LogP contribution >= 0.6 is 11.6 Å². The third-order valence-corrected chi connectivity index (χ3v) is 4.91. The average Bonchev–Trinajstić information content (AvgIpc) is 3.26. The molecule has 1 fully saturated rings. The molecule has 3 aromatic rings. The molecule has 0 unspecified atom stereocenters. The summed E-state index contributed by atoms with van der Waals surface area (Å²) in [7, 11) is 0. The van der Waals surface area contributed by atoms with Crippen molar-refractivity contribution in [2.45, 2.75) is 20.0 Å². The van der Waals surface area contributed by atoms with Gasteiger partial charge in [-0.1, -0.05) is 28.9 Å². The number of piperazine rings is 1. The second-order valence-electron chi connectivity index (χ2n) is 6.53. The lowest BCUT2D eigenvalue weighted by atomic mass is 10.2. The highest BCUT2D eigenvalue weighted by molar-refractivity contribution is 6.33. The lowest BCUT2D eigenvalue weighted by Crippen LogP contribution is -2.45. The standard InChI is InChI=1S/C19H21ClN4O2/c1-14-21-19(22-26-14)13-24-10-8-23(9-11-24)12-15-6-7-18(25-15)16-4-2-3-5-17(16)20/h2-7H,8-13H2,1H3. The summed E-state index contributed by atoms with van der Waals surface area (Å²) in [5.74, 6) is 3.15. The van der Waals surface area contributed by atoms with E-state index >= 15 is 0 Å². The van der Waals surface area contributed by atoms with Gasteiger partial charge < -0.3 is 8.94 Å². The van der Waals surface area contributed by atoms with Crippen LogP contribution in [0.2, 0.25) is 5.02 Å². The first kappa shape index (κ1) is 17.3. The molecule has 7 heteroatoms. The molecule has 0 N–H and O–H groups in total. The Balaban J connectivity index is 1.31. The molecule has 0 bridgehead atoms. The molecule has 0 aliphatic carbocycles. The molecule has 4 rings (SSSR count). The lowest BCUT2D eigenvalue weighted by Gasteiger charge is -2.33. The highest BCUT2D eigenvalue weighted by Crippen LogP contribution is 2.29. The zero-order valence-corrected chi connectivity index (χ0v) is 15.4. The van der Waals surface area contributed by atoms with E-state index in [9.17, 15) is 0 Å². The molecule has 1 aliphatic heterocycles. The maximum Gasteiger partial charge on any atom is 0.223 e. The summed E-state index contributed by atoms with van der Waals surface area (Å²) in [6.07, 6.45) is 0. The van der Waals surface area contributed by atoms with Crippen LogP contribution in [-0.2, 0) is 13.1 Å². The topological polar surface area (TPSA) is 58.5 Å². The molecule has 136 valence electrons. The Morgan fingerprint density at radius 2 is 1.73 bits per heavy atom. The maximum atomic E-state index is 6.25. The highest BCUT2D eigenvalue weighted by Gasteiger charge is 2.20. The summed E-state index contributed by atoms with van der Waals surface area (Å²) < 4.78 is 11.0. The van der Waals surface area contributed by atoms with Gasteiger partial charge in [-0.25, -0.2) is 0 Å². The van der Waals surface area contributed by atoms with Gasteiger partial charge in [0.1, 0.15) is 11.5 Å². The van der Waals surface area contributed by atoms with Crippen LogP contribution in [0.4, 0.5) is 0 Å². The summed E-state index contributed by atoms with van der Waals surface area (Å²) in [5.41, 5.74) is 0.931. The summed E-state index contributed by atoms with van der Waals surface area (Å²) in [6.45, 7) is 7.28. The Labute approximate surface area is 157 Å². The Morgan fingerprint density at radius 3 is 2.42 bits per heavy atom. The summed E-state index contributed by atoms with van der Waals surface area (Å²) in [6, 6.07) is 11.8. The fourth-order valence-electron chi connectivity index (χ4n) is 3.20. The van der Waals surface area contributed by atoms with E-state index in [1.807, 2.05) is 43.3 Å². The van der Waals surface area contributed by atoms with Gasteiger partial charge in [0, 0.05) is 38.7 Å². The molecule has 1 aliphatic rings. The van der Waals surface area contributed by atoms with E-state index in [4.69, 9.17) is 20.5 Å². The van der Waals surface area contributed by atoms with Gasteiger partial charge in [-0.2, -0.15) is 4.98 Å².